The highest BCUT2D eigenvalue weighted by molar-refractivity contribution is 7.12. The molecule has 2 atom stereocenters. The number of rotatable bonds is 3. The van der Waals surface area contributed by atoms with Gasteiger partial charge >= 0.3 is 0 Å². The fraction of sp³-hybridized carbons (Fsp3) is 0.333. The Kier molecular flexibility index (Phi) is 4.97. The Bertz CT molecular complexity index is 702. The Morgan fingerprint density at radius 2 is 1.79 bits per heavy atom. The molecule has 6 heteroatoms. The second kappa shape index (κ2) is 7.15. The molecule has 1 aromatic heterocycles. The Labute approximate surface area is 145 Å². The fourth-order valence-electron chi connectivity index (χ4n) is 2.82. The number of hydrogen-bond acceptors (Lipinski definition) is 4. The zero-order chi connectivity index (χ0) is 17.1. The average Bonchev–Trinajstić information content (AvgIpc) is 3.08. The van der Waals surface area contributed by atoms with Gasteiger partial charge in [-0.1, -0.05) is 6.07 Å². The highest BCUT2D eigenvalue weighted by atomic mass is 32.1. The molecule has 1 aromatic carbocycles. The second-order valence-corrected chi connectivity index (χ2v) is 6.92. The molecule has 2 amide bonds. The highest BCUT2D eigenvalue weighted by Crippen LogP contribution is 2.17. The third-order valence-corrected chi connectivity index (χ3v) is 4.71. The first kappa shape index (κ1) is 16.7. The van der Waals surface area contributed by atoms with E-state index in [1.54, 1.807) is 30.3 Å². The molecule has 1 saturated heterocycles. The molecule has 1 aliphatic heterocycles. The van der Waals surface area contributed by atoms with E-state index in [0.29, 0.717) is 29.2 Å². The number of carbonyl (C=O) groups excluding carboxylic acids is 2. The van der Waals surface area contributed by atoms with Crippen LogP contribution in [0.15, 0.2) is 41.8 Å². The minimum Gasteiger partial charge on any atom is -0.372 e. The molecule has 126 valence electrons. The van der Waals surface area contributed by atoms with Crippen molar-refractivity contribution < 1.29 is 14.3 Å². The zero-order valence-electron chi connectivity index (χ0n) is 13.7. The monoisotopic (exact) mass is 344 g/mol. The lowest BCUT2D eigenvalue weighted by molar-refractivity contribution is -0.0586. The molecule has 1 fully saturated rings. The fourth-order valence-corrected chi connectivity index (χ4v) is 3.44. The van der Waals surface area contributed by atoms with Crippen LogP contribution >= 0.6 is 11.3 Å². The van der Waals surface area contributed by atoms with E-state index >= 15 is 0 Å². The first-order chi connectivity index (χ1) is 11.5. The quantitative estimate of drug-likeness (QED) is 0.930. The van der Waals surface area contributed by atoms with Gasteiger partial charge in [-0.25, -0.2) is 0 Å². The van der Waals surface area contributed by atoms with E-state index in [9.17, 15) is 9.59 Å². The Morgan fingerprint density at radius 3 is 2.38 bits per heavy atom. The van der Waals surface area contributed by atoms with Crippen LogP contribution < -0.4 is 5.32 Å². The predicted molar refractivity (Wildman–Crippen MR) is 94.6 cm³/mol. The molecule has 2 aromatic rings. The van der Waals surface area contributed by atoms with Crippen molar-refractivity contribution in [1.82, 2.24) is 4.90 Å². The molecule has 2 heterocycles. The summed E-state index contributed by atoms with van der Waals surface area (Å²) in [4.78, 5) is 27.1. The number of thiophene rings is 1. The molecule has 1 N–H and O–H groups in total. The number of hydrogen-bond donors (Lipinski definition) is 1. The van der Waals surface area contributed by atoms with Crippen molar-refractivity contribution in [3.05, 3.63) is 52.2 Å². The number of ether oxygens (including phenoxy) is 1. The maximum atomic E-state index is 12.6. The van der Waals surface area contributed by atoms with E-state index in [1.165, 1.54) is 11.3 Å². The molecule has 0 bridgehead atoms. The van der Waals surface area contributed by atoms with Crippen molar-refractivity contribution in [2.24, 2.45) is 0 Å². The number of morpholine rings is 1. The van der Waals surface area contributed by atoms with Crippen molar-refractivity contribution in [3.8, 4) is 0 Å². The molecular weight excluding hydrogens is 324 g/mol. The van der Waals surface area contributed by atoms with Gasteiger partial charge < -0.3 is 15.0 Å². The summed E-state index contributed by atoms with van der Waals surface area (Å²) in [5, 5.41) is 4.69. The van der Waals surface area contributed by atoms with Gasteiger partial charge in [-0.15, -0.1) is 11.3 Å². The molecule has 0 spiro atoms. The summed E-state index contributed by atoms with van der Waals surface area (Å²) in [5.41, 5.74) is 1.29. The Morgan fingerprint density at radius 1 is 1.12 bits per heavy atom. The summed E-state index contributed by atoms with van der Waals surface area (Å²) in [6.45, 7) is 5.14. The summed E-state index contributed by atoms with van der Waals surface area (Å²) < 4.78 is 5.66. The maximum absolute atomic E-state index is 12.6. The third kappa shape index (κ3) is 3.83. The van der Waals surface area contributed by atoms with Crippen LogP contribution in [0.4, 0.5) is 5.69 Å². The molecule has 0 unspecified atom stereocenters. The van der Waals surface area contributed by atoms with Crippen LogP contribution in [0, 0.1) is 0 Å². The van der Waals surface area contributed by atoms with Gasteiger partial charge in [0.25, 0.3) is 11.8 Å². The van der Waals surface area contributed by atoms with Crippen molar-refractivity contribution in [1.29, 1.82) is 0 Å². The second-order valence-electron chi connectivity index (χ2n) is 5.98. The highest BCUT2D eigenvalue weighted by Gasteiger charge is 2.26. The number of carbonyl (C=O) groups is 2. The molecular formula is C18H20N2O3S. The molecule has 0 radical (unpaired) electrons. The van der Waals surface area contributed by atoms with E-state index in [2.05, 4.69) is 5.32 Å². The normalized spacial score (nSPS) is 20.7. The van der Waals surface area contributed by atoms with Crippen molar-refractivity contribution in [2.75, 3.05) is 18.4 Å². The number of benzene rings is 1. The number of amides is 2. The molecule has 0 saturated carbocycles. The lowest BCUT2D eigenvalue weighted by Gasteiger charge is -2.35. The van der Waals surface area contributed by atoms with Crippen LogP contribution in [0.1, 0.15) is 33.9 Å². The van der Waals surface area contributed by atoms with Crippen molar-refractivity contribution >= 4 is 28.8 Å². The number of nitrogens with zero attached hydrogens (tertiary/aromatic N) is 1. The minimum atomic E-state index is -0.139. The first-order valence-corrected chi connectivity index (χ1v) is 8.80. The lowest BCUT2D eigenvalue weighted by Crippen LogP contribution is -2.48. The molecule has 24 heavy (non-hydrogen) atoms. The summed E-state index contributed by atoms with van der Waals surface area (Å²) >= 11 is 1.39. The standard InChI is InChI=1S/C18H20N2O3S/c1-12-10-20(11-13(2)23-12)18(22)14-5-7-15(8-6-14)19-17(21)16-4-3-9-24-16/h3-9,12-13H,10-11H2,1-2H3,(H,19,21)/t12-,13+. The summed E-state index contributed by atoms with van der Waals surface area (Å²) in [7, 11) is 0. The van der Waals surface area contributed by atoms with Crippen LogP contribution in [-0.2, 0) is 4.74 Å². The largest absolute Gasteiger partial charge is 0.372 e. The van der Waals surface area contributed by atoms with E-state index in [0.717, 1.165) is 0 Å². The first-order valence-electron chi connectivity index (χ1n) is 7.92. The predicted octanol–water partition coefficient (Wildman–Crippen LogP) is 3.25. The zero-order valence-corrected chi connectivity index (χ0v) is 14.5. The van der Waals surface area contributed by atoms with Crippen molar-refractivity contribution in [2.45, 2.75) is 26.1 Å². The van der Waals surface area contributed by atoms with Gasteiger partial charge in [0.05, 0.1) is 17.1 Å². The molecule has 3 rings (SSSR count). The van der Waals surface area contributed by atoms with E-state index in [1.807, 2.05) is 30.2 Å². The van der Waals surface area contributed by atoms with Crippen LogP contribution in [0.25, 0.3) is 0 Å². The van der Waals surface area contributed by atoms with Gasteiger partial charge in [0.15, 0.2) is 0 Å². The van der Waals surface area contributed by atoms with Crippen molar-refractivity contribution in [3.63, 3.8) is 0 Å². The maximum Gasteiger partial charge on any atom is 0.265 e. The third-order valence-electron chi connectivity index (χ3n) is 3.84. The van der Waals surface area contributed by atoms with Crippen LogP contribution in [-0.4, -0.2) is 42.0 Å². The van der Waals surface area contributed by atoms with Gasteiger partial charge in [0.2, 0.25) is 0 Å². The number of anilines is 1. The van der Waals surface area contributed by atoms with E-state index < -0.39 is 0 Å². The summed E-state index contributed by atoms with van der Waals surface area (Å²) in [6, 6.07) is 10.6. The van der Waals surface area contributed by atoms with Crippen LogP contribution in [0.3, 0.4) is 0 Å². The topological polar surface area (TPSA) is 58.6 Å². The van der Waals surface area contributed by atoms with Gasteiger partial charge in [-0.2, -0.15) is 0 Å². The van der Waals surface area contributed by atoms with E-state index in [-0.39, 0.29) is 24.0 Å². The van der Waals surface area contributed by atoms with Gasteiger partial charge in [0.1, 0.15) is 0 Å². The van der Waals surface area contributed by atoms with E-state index in [4.69, 9.17) is 4.74 Å². The Balaban J connectivity index is 1.65. The SMILES string of the molecule is C[C@@H]1CN(C(=O)c2ccc(NC(=O)c3cccs3)cc2)C[C@H](C)O1. The molecule has 0 aliphatic carbocycles. The summed E-state index contributed by atoms with van der Waals surface area (Å²) in [5.74, 6) is -0.145. The minimum absolute atomic E-state index is 0.00636. The number of nitrogens with one attached hydrogen (secondary N) is 1. The van der Waals surface area contributed by atoms with Crippen LogP contribution in [0.2, 0.25) is 0 Å². The Hall–Kier alpha value is -2.18. The van der Waals surface area contributed by atoms with Gasteiger partial charge in [0, 0.05) is 24.3 Å². The van der Waals surface area contributed by atoms with Gasteiger partial charge in [-0.3, -0.25) is 9.59 Å². The molecule has 5 nitrogen and oxygen atoms in total. The lowest BCUT2D eigenvalue weighted by atomic mass is 10.1. The molecule has 1 aliphatic rings. The van der Waals surface area contributed by atoms with Gasteiger partial charge in [-0.05, 0) is 49.6 Å². The van der Waals surface area contributed by atoms with Crippen LogP contribution in [0.5, 0.6) is 0 Å². The smallest absolute Gasteiger partial charge is 0.265 e. The average molecular weight is 344 g/mol. The summed E-state index contributed by atoms with van der Waals surface area (Å²) in [6.07, 6.45) is 0.0871.